The predicted molar refractivity (Wildman–Crippen MR) is 130 cm³/mol. The number of fused-ring (bicyclic) bond motifs is 5. The van der Waals surface area contributed by atoms with Gasteiger partial charge in [-0.25, -0.2) is 0 Å². The van der Waals surface area contributed by atoms with Gasteiger partial charge in [0.05, 0.1) is 5.69 Å². The van der Waals surface area contributed by atoms with Crippen molar-refractivity contribution in [1.29, 1.82) is 0 Å². The van der Waals surface area contributed by atoms with Gasteiger partial charge in [0.15, 0.2) is 0 Å². The van der Waals surface area contributed by atoms with Gasteiger partial charge in [-0.3, -0.25) is 4.98 Å². The molecule has 1 heteroatoms. The van der Waals surface area contributed by atoms with Crippen LogP contribution in [-0.4, -0.2) is 4.98 Å². The summed E-state index contributed by atoms with van der Waals surface area (Å²) in [6.07, 6.45) is 1.95. The molecular weight excluding hydrogens is 362 g/mol. The molecule has 0 spiro atoms. The molecule has 0 saturated carbocycles. The SMILES string of the molecule is Cc1cc(C)cc(-c2nccc3c2ccc2c4cc(C(C)(C)C)ccc4ccc32)c1. The van der Waals surface area contributed by atoms with Crippen molar-refractivity contribution in [3.05, 3.63) is 89.6 Å². The summed E-state index contributed by atoms with van der Waals surface area (Å²) in [5.74, 6) is 0. The first-order valence-electron chi connectivity index (χ1n) is 10.6. The van der Waals surface area contributed by atoms with Gasteiger partial charge in [0.1, 0.15) is 0 Å². The van der Waals surface area contributed by atoms with E-state index in [1.54, 1.807) is 0 Å². The summed E-state index contributed by atoms with van der Waals surface area (Å²) in [5.41, 5.74) is 6.29. The molecule has 0 fully saturated rings. The first kappa shape index (κ1) is 18.8. The highest BCUT2D eigenvalue weighted by molar-refractivity contribution is 6.19. The van der Waals surface area contributed by atoms with E-state index in [1.807, 2.05) is 6.20 Å². The third-order valence-electron chi connectivity index (χ3n) is 6.12. The van der Waals surface area contributed by atoms with Crippen molar-refractivity contribution in [3.63, 3.8) is 0 Å². The van der Waals surface area contributed by atoms with Crippen LogP contribution >= 0.6 is 0 Å². The van der Waals surface area contributed by atoms with Gasteiger partial charge in [-0.15, -0.1) is 0 Å². The van der Waals surface area contributed by atoms with Crippen molar-refractivity contribution >= 4 is 32.3 Å². The van der Waals surface area contributed by atoms with E-state index in [-0.39, 0.29) is 5.41 Å². The second kappa shape index (κ2) is 6.67. The molecule has 30 heavy (non-hydrogen) atoms. The van der Waals surface area contributed by atoms with Crippen LogP contribution in [0.25, 0.3) is 43.6 Å². The van der Waals surface area contributed by atoms with E-state index in [4.69, 9.17) is 4.98 Å². The monoisotopic (exact) mass is 389 g/mol. The normalized spacial score (nSPS) is 12.2. The standard InChI is InChI=1S/C29H27N/c1-18-14-19(2)16-21(15-18)28-26-11-10-24-23(25(26)12-13-30-28)9-7-20-6-8-22(17-27(20)24)29(3,4)5/h6-17H,1-5H3. The van der Waals surface area contributed by atoms with Crippen LogP contribution in [0.5, 0.6) is 0 Å². The molecule has 5 aromatic rings. The van der Waals surface area contributed by atoms with Crippen LogP contribution in [0, 0.1) is 13.8 Å². The van der Waals surface area contributed by atoms with Crippen LogP contribution in [0.2, 0.25) is 0 Å². The second-order valence-corrected chi connectivity index (χ2v) is 9.54. The van der Waals surface area contributed by atoms with E-state index in [2.05, 4.69) is 101 Å². The van der Waals surface area contributed by atoms with Gasteiger partial charge in [0, 0.05) is 17.1 Å². The molecule has 1 aromatic heterocycles. The molecule has 0 aliphatic heterocycles. The summed E-state index contributed by atoms with van der Waals surface area (Å²) in [6, 6.07) is 24.8. The Kier molecular flexibility index (Phi) is 4.18. The number of aryl methyl sites for hydroxylation is 2. The number of benzene rings is 4. The summed E-state index contributed by atoms with van der Waals surface area (Å²) >= 11 is 0. The fraction of sp³-hybridized carbons (Fsp3) is 0.207. The molecule has 1 nitrogen and oxygen atoms in total. The Hall–Kier alpha value is -3.19. The Morgan fingerprint density at radius 2 is 1.20 bits per heavy atom. The molecule has 0 bridgehead atoms. The van der Waals surface area contributed by atoms with Crippen molar-refractivity contribution in [2.45, 2.75) is 40.0 Å². The largest absolute Gasteiger partial charge is 0.256 e. The smallest absolute Gasteiger partial charge is 0.0780 e. The molecule has 0 amide bonds. The third-order valence-corrected chi connectivity index (χ3v) is 6.12. The molecule has 5 rings (SSSR count). The van der Waals surface area contributed by atoms with E-state index in [0.29, 0.717) is 0 Å². The highest BCUT2D eigenvalue weighted by atomic mass is 14.7. The number of pyridine rings is 1. The van der Waals surface area contributed by atoms with E-state index in [1.165, 1.54) is 54.6 Å². The molecule has 0 atom stereocenters. The number of hydrogen-bond donors (Lipinski definition) is 0. The minimum absolute atomic E-state index is 0.132. The van der Waals surface area contributed by atoms with Crippen LogP contribution in [0.4, 0.5) is 0 Å². The molecule has 4 aromatic carbocycles. The topological polar surface area (TPSA) is 12.9 Å². The number of hydrogen-bond acceptors (Lipinski definition) is 1. The van der Waals surface area contributed by atoms with Crippen molar-refractivity contribution in [2.75, 3.05) is 0 Å². The average molecular weight is 390 g/mol. The summed E-state index contributed by atoms with van der Waals surface area (Å²) in [5, 5.41) is 7.69. The van der Waals surface area contributed by atoms with Crippen molar-refractivity contribution < 1.29 is 0 Å². The quantitative estimate of drug-likeness (QED) is 0.264. The zero-order chi connectivity index (χ0) is 21.0. The summed E-state index contributed by atoms with van der Waals surface area (Å²) < 4.78 is 0. The van der Waals surface area contributed by atoms with Gasteiger partial charge in [-0.1, -0.05) is 80.4 Å². The van der Waals surface area contributed by atoms with Crippen LogP contribution in [0.3, 0.4) is 0 Å². The summed E-state index contributed by atoms with van der Waals surface area (Å²) in [6.45, 7) is 11.1. The number of nitrogens with zero attached hydrogens (tertiary/aromatic N) is 1. The molecule has 0 unspecified atom stereocenters. The Bertz CT molecular complexity index is 1410. The maximum Gasteiger partial charge on any atom is 0.0780 e. The van der Waals surface area contributed by atoms with Gasteiger partial charge >= 0.3 is 0 Å². The number of aromatic nitrogens is 1. The van der Waals surface area contributed by atoms with Gasteiger partial charge in [0.25, 0.3) is 0 Å². The lowest BCUT2D eigenvalue weighted by molar-refractivity contribution is 0.591. The molecule has 0 aliphatic rings. The lowest BCUT2D eigenvalue weighted by Crippen LogP contribution is -2.10. The van der Waals surface area contributed by atoms with Crippen LogP contribution < -0.4 is 0 Å². The van der Waals surface area contributed by atoms with E-state index < -0.39 is 0 Å². The maximum absolute atomic E-state index is 4.77. The fourth-order valence-electron chi connectivity index (χ4n) is 4.61. The Morgan fingerprint density at radius 1 is 0.600 bits per heavy atom. The Balaban J connectivity index is 1.83. The van der Waals surface area contributed by atoms with Crippen molar-refractivity contribution in [2.24, 2.45) is 0 Å². The maximum atomic E-state index is 4.77. The minimum Gasteiger partial charge on any atom is -0.256 e. The minimum atomic E-state index is 0.132. The highest BCUT2D eigenvalue weighted by Gasteiger charge is 2.15. The van der Waals surface area contributed by atoms with Crippen LogP contribution in [0.1, 0.15) is 37.5 Å². The Labute approximate surface area is 178 Å². The summed E-state index contributed by atoms with van der Waals surface area (Å²) in [7, 11) is 0. The van der Waals surface area contributed by atoms with E-state index in [0.717, 1.165) is 5.69 Å². The first-order valence-corrected chi connectivity index (χ1v) is 10.6. The lowest BCUT2D eigenvalue weighted by Gasteiger charge is -2.20. The van der Waals surface area contributed by atoms with Crippen LogP contribution in [-0.2, 0) is 5.41 Å². The van der Waals surface area contributed by atoms with Crippen LogP contribution in [0.15, 0.2) is 72.9 Å². The van der Waals surface area contributed by atoms with Gasteiger partial charge in [-0.2, -0.15) is 0 Å². The zero-order valence-electron chi connectivity index (χ0n) is 18.4. The fourth-order valence-corrected chi connectivity index (χ4v) is 4.61. The molecule has 148 valence electrons. The predicted octanol–water partition coefficient (Wildman–Crippen LogP) is 8.12. The van der Waals surface area contributed by atoms with Gasteiger partial charge in [0.2, 0.25) is 0 Å². The first-order chi connectivity index (χ1) is 14.3. The average Bonchev–Trinajstić information content (AvgIpc) is 2.71. The zero-order valence-corrected chi connectivity index (χ0v) is 18.4. The van der Waals surface area contributed by atoms with E-state index >= 15 is 0 Å². The number of rotatable bonds is 1. The molecule has 0 radical (unpaired) electrons. The molecular formula is C29H27N. The van der Waals surface area contributed by atoms with E-state index in [9.17, 15) is 0 Å². The highest BCUT2D eigenvalue weighted by Crippen LogP contribution is 2.36. The molecule has 0 saturated heterocycles. The van der Waals surface area contributed by atoms with Gasteiger partial charge in [-0.05, 0) is 70.0 Å². The lowest BCUT2D eigenvalue weighted by atomic mass is 9.85. The van der Waals surface area contributed by atoms with Crippen molar-refractivity contribution in [3.8, 4) is 11.3 Å². The summed E-state index contributed by atoms with van der Waals surface area (Å²) in [4.78, 5) is 4.77. The van der Waals surface area contributed by atoms with Gasteiger partial charge < -0.3 is 0 Å². The Morgan fingerprint density at radius 3 is 1.93 bits per heavy atom. The third kappa shape index (κ3) is 3.06. The van der Waals surface area contributed by atoms with Crippen molar-refractivity contribution in [1.82, 2.24) is 4.98 Å². The molecule has 0 N–H and O–H groups in total. The second-order valence-electron chi connectivity index (χ2n) is 9.54. The molecule has 1 heterocycles. The molecule has 0 aliphatic carbocycles.